The molecule has 1 unspecified atom stereocenters. The van der Waals surface area contributed by atoms with Crippen molar-refractivity contribution in [3.05, 3.63) is 82.9 Å². The number of hydrogen-bond acceptors (Lipinski definition) is 3. The number of benzene rings is 2. The van der Waals surface area contributed by atoms with Gasteiger partial charge in [-0.2, -0.15) is 0 Å². The Kier molecular flexibility index (Phi) is 26.9. The van der Waals surface area contributed by atoms with Crippen LogP contribution in [0.4, 0.5) is 5.69 Å². The largest absolute Gasteiger partial charge is 0.395 e. The summed E-state index contributed by atoms with van der Waals surface area (Å²) < 4.78 is 0.993. The fourth-order valence-electron chi connectivity index (χ4n) is 3.85. The standard InChI is InChI=1S/C21H22BrNO.C8H18.C7H12O.C2H6/c1-3-4-5-7-17-8-6-9-18(14-17)16(2)20-15-19(22)10-11-21(20)23-12-13-24;1-4-7-8(5-2)6-3;1-4-6(3)7(8)5-2;1-2/h6,8-11,14-15,23-24H,2-4,12-13H2,1H3;8H,4-7H2,1-3H3;5-6H,2,4H2,1,3H3;1-2H3. The molecule has 0 fully saturated rings. The summed E-state index contributed by atoms with van der Waals surface area (Å²) in [5, 5.41) is 12.3. The zero-order valence-corrected chi connectivity index (χ0v) is 29.4. The first kappa shape index (κ1) is 41.5. The second-order valence-electron chi connectivity index (χ2n) is 9.84. The molecule has 0 aromatic heterocycles. The number of allylic oxidation sites excluding steroid dienone is 1. The Hall–Kier alpha value is -2.61. The van der Waals surface area contributed by atoms with E-state index in [1.54, 1.807) is 0 Å². The van der Waals surface area contributed by atoms with Crippen molar-refractivity contribution in [1.29, 1.82) is 0 Å². The van der Waals surface area contributed by atoms with Gasteiger partial charge in [-0.05, 0) is 66.3 Å². The van der Waals surface area contributed by atoms with Gasteiger partial charge in [0, 0.05) is 40.2 Å². The lowest BCUT2D eigenvalue weighted by atomic mass is 9.96. The van der Waals surface area contributed by atoms with Crippen LogP contribution in [0.1, 0.15) is 117 Å². The molecule has 4 heteroatoms. The van der Waals surface area contributed by atoms with Gasteiger partial charge in [0.05, 0.1) is 6.61 Å². The molecule has 2 rings (SSSR count). The average molecular weight is 641 g/mol. The number of carbonyl (C=O) groups excluding carboxylic acids is 1. The monoisotopic (exact) mass is 639 g/mol. The third-order valence-electron chi connectivity index (χ3n) is 6.70. The summed E-state index contributed by atoms with van der Waals surface area (Å²) in [6, 6.07) is 14.2. The summed E-state index contributed by atoms with van der Waals surface area (Å²) >= 11 is 3.52. The Balaban J connectivity index is 0. The Morgan fingerprint density at radius 1 is 1.02 bits per heavy atom. The number of nitrogens with one attached hydrogen (secondary N) is 1. The lowest BCUT2D eigenvalue weighted by molar-refractivity contribution is -0.117. The van der Waals surface area contributed by atoms with Crippen LogP contribution < -0.4 is 5.32 Å². The number of anilines is 1. The minimum Gasteiger partial charge on any atom is -0.395 e. The van der Waals surface area contributed by atoms with Crippen LogP contribution in [-0.2, 0) is 4.79 Å². The second kappa shape index (κ2) is 27.2. The van der Waals surface area contributed by atoms with Gasteiger partial charge in [0.25, 0.3) is 0 Å². The van der Waals surface area contributed by atoms with Crippen molar-refractivity contribution in [2.45, 2.75) is 100 Å². The van der Waals surface area contributed by atoms with Crippen molar-refractivity contribution in [3.63, 3.8) is 0 Å². The average Bonchev–Trinajstić information content (AvgIpc) is 3.03. The van der Waals surface area contributed by atoms with E-state index in [9.17, 15) is 4.79 Å². The first-order valence-electron chi connectivity index (χ1n) is 15.8. The predicted octanol–water partition coefficient (Wildman–Crippen LogP) is 11.1. The van der Waals surface area contributed by atoms with E-state index in [-0.39, 0.29) is 18.3 Å². The van der Waals surface area contributed by atoms with Gasteiger partial charge < -0.3 is 10.4 Å². The topological polar surface area (TPSA) is 49.3 Å². The summed E-state index contributed by atoms with van der Waals surface area (Å²) in [7, 11) is 0. The number of carbonyl (C=O) groups is 1. The van der Waals surface area contributed by atoms with Crippen molar-refractivity contribution in [2.75, 3.05) is 18.5 Å². The molecular formula is C38H58BrNO2. The van der Waals surface area contributed by atoms with Crippen LogP contribution in [0.3, 0.4) is 0 Å². The van der Waals surface area contributed by atoms with E-state index in [1.165, 1.54) is 31.8 Å². The van der Waals surface area contributed by atoms with Gasteiger partial charge in [-0.25, -0.2) is 0 Å². The molecule has 0 aliphatic carbocycles. The molecule has 3 nitrogen and oxygen atoms in total. The van der Waals surface area contributed by atoms with Crippen molar-refractivity contribution in [3.8, 4) is 11.8 Å². The molecule has 2 N–H and O–H groups in total. The lowest BCUT2D eigenvalue weighted by Gasteiger charge is -2.14. The SMILES string of the molecule is C=C(c1cccc(C#CCCC)c1)c1cc(Br)ccc1NCCO.C=CC(=O)C(C)CC.CC.CCCC(CC)CC. The highest BCUT2D eigenvalue weighted by Crippen LogP contribution is 2.31. The van der Waals surface area contributed by atoms with Crippen molar-refractivity contribution in [2.24, 2.45) is 11.8 Å². The van der Waals surface area contributed by atoms with Gasteiger partial charge in [0.2, 0.25) is 0 Å². The summed E-state index contributed by atoms with van der Waals surface area (Å²) in [5.74, 6) is 7.69. The lowest BCUT2D eigenvalue weighted by Crippen LogP contribution is -2.07. The molecule has 0 aliphatic rings. The molecule has 0 saturated carbocycles. The van der Waals surface area contributed by atoms with Crippen LogP contribution in [0.2, 0.25) is 0 Å². The Morgan fingerprint density at radius 2 is 1.69 bits per heavy atom. The fourth-order valence-corrected chi connectivity index (χ4v) is 4.21. The van der Waals surface area contributed by atoms with Crippen LogP contribution in [-0.4, -0.2) is 24.0 Å². The number of aliphatic hydroxyl groups excluding tert-OH is 1. The van der Waals surface area contributed by atoms with Crippen LogP contribution >= 0.6 is 15.9 Å². The normalized spacial score (nSPS) is 10.3. The third kappa shape index (κ3) is 18.0. The Labute approximate surface area is 267 Å². The molecule has 234 valence electrons. The third-order valence-corrected chi connectivity index (χ3v) is 7.20. The van der Waals surface area contributed by atoms with Gasteiger partial charge >= 0.3 is 0 Å². The molecule has 1 atom stereocenters. The summed E-state index contributed by atoms with van der Waals surface area (Å²) in [4.78, 5) is 10.6. The molecule has 0 saturated heterocycles. The number of unbranched alkanes of at least 4 members (excludes halogenated alkanes) is 1. The van der Waals surface area contributed by atoms with Gasteiger partial charge in [0.1, 0.15) is 0 Å². The van der Waals surface area contributed by atoms with Gasteiger partial charge in [-0.3, -0.25) is 4.79 Å². The van der Waals surface area contributed by atoms with Gasteiger partial charge in [0.15, 0.2) is 5.78 Å². The van der Waals surface area contributed by atoms with Crippen LogP contribution in [0.5, 0.6) is 0 Å². The fraction of sp³-hybridized carbons (Fsp3) is 0.500. The second-order valence-corrected chi connectivity index (χ2v) is 10.8. The van der Waals surface area contributed by atoms with Crippen molar-refractivity contribution < 1.29 is 9.90 Å². The van der Waals surface area contributed by atoms with E-state index in [0.717, 1.165) is 57.6 Å². The van der Waals surface area contributed by atoms with Crippen molar-refractivity contribution in [1.82, 2.24) is 0 Å². The molecule has 2 aromatic carbocycles. The maximum atomic E-state index is 10.6. The highest BCUT2D eigenvalue weighted by atomic mass is 79.9. The number of aliphatic hydroxyl groups is 1. The number of ketones is 1. The van der Waals surface area contributed by atoms with E-state index in [2.05, 4.69) is 80.0 Å². The van der Waals surface area contributed by atoms with Crippen LogP contribution in [0.15, 0.2) is 66.2 Å². The quantitative estimate of drug-likeness (QED) is 0.169. The minimum atomic E-state index is 0.0878. The first-order valence-corrected chi connectivity index (χ1v) is 16.6. The van der Waals surface area contributed by atoms with Crippen LogP contribution in [0.25, 0.3) is 5.57 Å². The molecule has 0 spiro atoms. The minimum absolute atomic E-state index is 0.0878. The van der Waals surface area contributed by atoms with Gasteiger partial charge in [-0.1, -0.05) is 134 Å². The maximum absolute atomic E-state index is 10.6. The molecule has 0 heterocycles. The Morgan fingerprint density at radius 3 is 2.17 bits per heavy atom. The predicted molar refractivity (Wildman–Crippen MR) is 191 cm³/mol. The summed E-state index contributed by atoms with van der Waals surface area (Å²) in [5.41, 5.74) is 4.94. The number of halogens is 1. The van der Waals surface area contributed by atoms with E-state index in [4.69, 9.17) is 5.11 Å². The maximum Gasteiger partial charge on any atom is 0.157 e. The highest BCUT2D eigenvalue weighted by Gasteiger charge is 2.09. The van der Waals surface area contributed by atoms with E-state index in [1.807, 2.05) is 64.1 Å². The van der Waals surface area contributed by atoms with Crippen molar-refractivity contribution >= 4 is 33.0 Å². The van der Waals surface area contributed by atoms with E-state index >= 15 is 0 Å². The van der Waals surface area contributed by atoms with Gasteiger partial charge in [-0.15, -0.1) is 0 Å². The van der Waals surface area contributed by atoms with E-state index in [0.29, 0.717) is 6.54 Å². The molecule has 0 radical (unpaired) electrons. The summed E-state index contributed by atoms with van der Waals surface area (Å²) in [6.07, 6.45) is 9.77. The Bertz CT molecular complexity index is 1080. The zero-order chi connectivity index (χ0) is 32.3. The molecule has 0 bridgehead atoms. The number of rotatable bonds is 13. The molecule has 0 aliphatic heterocycles. The first-order chi connectivity index (χ1) is 20.2. The smallest absolute Gasteiger partial charge is 0.157 e. The zero-order valence-electron chi connectivity index (χ0n) is 27.8. The highest BCUT2D eigenvalue weighted by molar-refractivity contribution is 9.10. The molecule has 2 aromatic rings. The number of hydrogen-bond donors (Lipinski definition) is 2. The van der Waals surface area contributed by atoms with Crippen LogP contribution in [0, 0.1) is 23.7 Å². The summed E-state index contributed by atoms with van der Waals surface area (Å²) in [6.45, 7) is 25.1. The molecule has 42 heavy (non-hydrogen) atoms. The molecule has 0 amide bonds. The molecular weight excluding hydrogens is 582 g/mol. The van der Waals surface area contributed by atoms with E-state index < -0.39 is 0 Å².